The normalized spacial score (nSPS) is 26.6. The van der Waals surface area contributed by atoms with Crippen LogP contribution in [0.15, 0.2) is 11.8 Å². The zero-order valence-corrected chi connectivity index (χ0v) is 10.8. The smallest absolute Gasteiger partial charge is 0.0705 e. The van der Waals surface area contributed by atoms with Crippen LogP contribution in [0.3, 0.4) is 0 Å². The fourth-order valence-electron chi connectivity index (χ4n) is 1.75. The molecule has 0 aromatic rings. The maximum Gasteiger partial charge on any atom is 0.0705 e. The van der Waals surface area contributed by atoms with Crippen molar-refractivity contribution in [2.24, 2.45) is 5.41 Å². The Kier molecular flexibility index (Phi) is 4.10. The summed E-state index contributed by atoms with van der Waals surface area (Å²) in [7, 11) is 1.88. The molecule has 0 aliphatic carbocycles. The fraction of sp³-hybridized carbons (Fsp3) is 0.750. The number of rotatable bonds is 3. The van der Waals surface area contributed by atoms with E-state index in [-0.39, 0.29) is 11.0 Å². The maximum atomic E-state index is 7.48. The second-order valence-corrected chi connectivity index (χ2v) is 5.22. The summed E-state index contributed by atoms with van der Waals surface area (Å²) in [4.78, 5) is 0. The third-order valence-electron chi connectivity index (χ3n) is 3.20. The molecule has 1 atom stereocenters. The number of nitrogens with one attached hydrogen (secondary N) is 4. The first kappa shape index (κ1) is 13.2. The van der Waals surface area contributed by atoms with Crippen molar-refractivity contribution in [1.82, 2.24) is 16.0 Å². The Labute approximate surface area is 98.4 Å². The highest BCUT2D eigenvalue weighted by Crippen LogP contribution is 2.26. The van der Waals surface area contributed by atoms with Crippen LogP contribution in [0.4, 0.5) is 0 Å². The van der Waals surface area contributed by atoms with Crippen LogP contribution in [-0.2, 0) is 0 Å². The van der Waals surface area contributed by atoms with Gasteiger partial charge in [-0.1, -0.05) is 13.8 Å². The van der Waals surface area contributed by atoms with Crippen LogP contribution >= 0.6 is 0 Å². The van der Waals surface area contributed by atoms with E-state index in [2.05, 4.69) is 35.9 Å². The molecule has 16 heavy (non-hydrogen) atoms. The summed E-state index contributed by atoms with van der Waals surface area (Å²) in [6.07, 6.45) is 3.56. The van der Waals surface area contributed by atoms with Crippen molar-refractivity contribution >= 4 is 6.21 Å². The molecule has 0 aromatic heterocycles. The molecule has 0 spiro atoms. The van der Waals surface area contributed by atoms with Crippen LogP contribution in [0.1, 0.15) is 20.8 Å². The first-order valence-electron chi connectivity index (χ1n) is 5.82. The molecule has 0 amide bonds. The van der Waals surface area contributed by atoms with E-state index >= 15 is 0 Å². The maximum absolute atomic E-state index is 7.48. The van der Waals surface area contributed by atoms with Crippen molar-refractivity contribution in [3.05, 3.63) is 11.8 Å². The van der Waals surface area contributed by atoms with E-state index in [4.69, 9.17) is 5.41 Å². The van der Waals surface area contributed by atoms with Gasteiger partial charge in [-0.2, -0.15) is 0 Å². The quantitative estimate of drug-likeness (QED) is 0.534. The lowest BCUT2D eigenvalue weighted by Crippen LogP contribution is -2.42. The van der Waals surface area contributed by atoms with Crippen LogP contribution in [0.5, 0.6) is 0 Å². The predicted octanol–water partition coefficient (Wildman–Crippen LogP) is 0.717. The van der Waals surface area contributed by atoms with Crippen LogP contribution in [0.25, 0.3) is 0 Å². The molecular weight excluding hydrogens is 200 g/mol. The highest BCUT2D eigenvalue weighted by Gasteiger charge is 2.28. The Morgan fingerprint density at radius 1 is 1.44 bits per heavy atom. The number of hydrogen-bond donors (Lipinski definition) is 4. The van der Waals surface area contributed by atoms with Crippen LogP contribution < -0.4 is 16.0 Å². The van der Waals surface area contributed by atoms with Gasteiger partial charge in [0.1, 0.15) is 0 Å². The fourth-order valence-corrected chi connectivity index (χ4v) is 1.75. The molecule has 4 nitrogen and oxygen atoms in total. The lowest BCUT2D eigenvalue weighted by Gasteiger charge is -2.30. The second-order valence-electron chi connectivity index (χ2n) is 5.22. The van der Waals surface area contributed by atoms with Crippen LogP contribution in [-0.4, -0.2) is 38.4 Å². The topological polar surface area (TPSA) is 59.9 Å². The minimum atomic E-state index is -0.371. The molecule has 0 radical (unpaired) electrons. The van der Waals surface area contributed by atoms with Crippen LogP contribution in [0.2, 0.25) is 0 Å². The van der Waals surface area contributed by atoms with Gasteiger partial charge in [0, 0.05) is 37.0 Å². The lowest BCUT2D eigenvalue weighted by molar-refractivity contribution is 0.411. The molecule has 1 heterocycles. The molecule has 1 aliphatic rings. The van der Waals surface area contributed by atoms with E-state index in [0.717, 1.165) is 19.6 Å². The zero-order chi connectivity index (χ0) is 12.2. The van der Waals surface area contributed by atoms with E-state index in [1.807, 2.05) is 14.0 Å². The van der Waals surface area contributed by atoms with Gasteiger partial charge in [0.05, 0.1) is 5.54 Å². The monoisotopic (exact) mass is 224 g/mol. The predicted molar refractivity (Wildman–Crippen MR) is 69.0 cm³/mol. The highest BCUT2D eigenvalue weighted by atomic mass is 15.0. The Morgan fingerprint density at radius 2 is 2.12 bits per heavy atom. The molecule has 4 heteroatoms. The van der Waals surface area contributed by atoms with E-state index < -0.39 is 0 Å². The molecule has 1 unspecified atom stereocenters. The third kappa shape index (κ3) is 3.06. The van der Waals surface area contributed by atoms with Gasteiger partial charge in [-0.05, 0) is 20.0 Å². The van der Waals surface area contributed by atoms with Crippen molar-refractivity contribution in [2.45, 2.75) is 26.3 Å². The Morgan fingerprint density at radius 3 is 2.69 bits per heavy atom. The van der Waals surface area contributed by atoms with Crippen molar-refractivity contribution in [2.75, 3.05) is 26.7 Å². The lowest BCUT2D eigenvalue weighted by atomic mass is 9.86. The zero-order valence-electron chi connectivity index (χ0n) is 10.8. The Hall–Kier alpha value is -0.870. The highest BCUT2D eigenvalue weighted by molar-refractivity contribution is 5.70. The molecule has 1 rings (SSSR count). The van der Waals surface area contributed by atoms with Gasteiger partial charge in [-0.3, -0.25) is 0 Å². The van der Waals surface area contributed by atoms with E-state index in [1.165, 1.54) is 11.9 Å². The molecule has 0 aromatic carbocycles. The Bertz CT molecular complexity index is 283. The largest absolute Gasteiger partial charge is 0.387 e. The van der Waals surface area contributed by atoms with E-state index in [0.29, 0.717) is 0 Å². The third-order valence-corrected chi connectivity index (χ3v) is 3.20. The first-order valence-corrected chi connectivity index (χ1v) is 5.82. The summed E-state index contributed by atoms with van der Waals surface area (Å²) < 4.78 is 0. The summed E-state index contributed by atoms with van der Waals surface area (Å²) in [5, 5.41) is 17.5. The molecule has 1 saturated heterocycles. The van der Waals surface area contributed by atoms with Gasteiger partial charge >= 0.3 is 0 Å². The first-order chi connectivity index (χ1) is 7.43. The van der Waals surface area contributed by atoms with Gasteiger partial charge in [0.15, 0.2) is 0 Å². The van der Waals surface area contributed by atoms with Crippen molar-refractivity contribution < 1.29 is 0 Å². The SMILES string of the molecule is CNC(C)(C=N)/C=C1\NCCNCC1(C)C. The second kappa shape index (κ2) is 4.97. The Balaban J connectivity index is 2.98. The van der Waals surface area contributed by atoms with Gasteiger partial charge in [0.25, 0.3) is 0 Å². The number of likely N-dealkylation sites (N-methyl/N-ethyl adjacent to an activating group) is 1. The van der Waals surface area contributed by atoms with Crippen molar-refractivity contribution in [3.8, 4) is 0 Å². The minimum Gasteiger partial charge on any atom is -0.387 e. The van der Waals surface area contributed by atoms with Gasteiger partial charge in [0.2, 0.25) is 0 Å². The van der Waals surface area contributed by atoms with Crippen molar-refractivity contribution in [1.29, 1.82) is 5.41 Å². The summed E-state index contributed by atoms with van der Waals surface area (Å²) in [6.45, 7) is 9.32. The number of hydrogen-bond acceptors (Lipinski definition) is 4. The summed E-state index contributed by atoms with van der Waals surface area (Å²) in [5.41, 5.74) is 0.916. The average Bonchev–Trinajstić information content (AvgIpc) is 2.41. The average molecular weight is 224 g/mol. The molecular formula is C12H24N4. The van der Waals surface area contributed by atoms with Gasteiger partial charge in [-0.15, -0.1) is 0 Å². The molecule has 1 fully saturated rings. The molecule has 92 valence electrons. The van der Waals surface area contributed by atoms with Gasteiger partial charge in [-0.25, -0.2) is 0 Å². The summed E-state index contributed by atoms with van der Waals surface area (Å²) >= 11 is 0. The van der Waals surface area contributed by atoms with Crippen LogP contribution in [0, 0.1) is 10.8 Å². The standard InChI is InChI=1S/C12H24N4/c1-11(2)9-15-5-6-16-10(11)7-12(3,8-13)14-4/h7-8,13-16H,5-6,9H2,1-4H3/b10-7-,13-8?. The molecule has 0 bridgehead atoms. The molecule has 0 saturated carbocycles. The summed E-state index contributed by atoms with van der Waals surface area (Å²) in [5.74, 6) is 0. The van der Waals surface area contributed by atoms with E-state index in [1.54, 1.807) is 0 Å². The van der Waals surface area contributed by atoms with Crippen molar-refractivity contribution in [3.63, 3.8) is 0 Å². The molecule has 1 aliphatic heterocycles. The molecule has 4 N–H and O–H groups in total. The minimum absolute atomic E-state index is 0.0810. The summed E-state index contributed by atoms with van der Waals surface area (Å²) in [6, 6.07) is 0. The van der Waals surface area contributed by atoms with E-state index in [9.17, 15) is 0 Å². The van der Waals surface area contributed by atoms with Gasteiger partial charge < -0.3 is 21.4 Å².